The van der Waals surface area contributed by atoms with Gasteiger partial charge in [0.25, 0.3) is 5.92 Å². The van der Waals surface area contributed by atoms with Gasteiger partial charge in [-0.1, -0.05) is 30.3 Å². The zero-order chi connectivity index (χ0) is 12.3. The first kappa shape index (κ1) is 12.5. The lowest BCUT2D eigenvalue weighted by atomic mass is 10.1. The molecule has 0 spiro atoms. The second-order valence-electron chi connectivity index (χ2n) is 4.66. The van der Waals surface area contributed by atoms with Crippen molar-refractivity contribution in [3.05, 3.63) is 35.9 Å². The minimum atomic E-state index is -2.77. The van der Waals surface area contributed by atoms with Crippen molar-refractivity contribution in [3.8, 4) is 0 Å². The van der Waals surface area contributed by atoms with Gasteiger partial charge in [0.15, 0.2) is 0 Å². The molecule has 1 aliphatic heterocycles. The fraction of sp³-hybridized carbons (Fsp3) is 0.538. The van der Waals surface area contributed by atoms with E-state index >= 15 is 0 Å². The molecule has 94 valence electrons. The Morgan fingerprint density at radius 1 is 1.35 bits per heavy atom. The average Bonchev–Trinajstić information content (AvgIpc) is 2.29. The molecule has 1 fully saturated rings. The van der Waals surface area contributed by atoms with Crippen LogP contribution in [0.3, 0.4) is 0 Å². The van der Waals surface area contributed by atoms with Crippen molar-refractivity contribution >= 4 is 0 Å². The molecule has 1 atom stereocenters. The number of benzene rings is 1. The maximum atomic E-state index is 14.0. The Labute approximate surface area is 101 Å². The van der Waals surface area contributed by atoms with Crippen molar-refractivity contribution in [2.24, 2.45) is 0 Å². The number of nitrogens with one attached hydrogen (secondary N) is 1. The third kappa shape index (κ3) is 3.23. The van der Waals surface area contributed by atoms with Gasteiger partial charge in [-0.05, 0) is 6.92 Å². The molecule has 1 unspecified atom stereocenters. The van der Waals surface area contributed by atoms with Crippen LogP contribution in [-0.2, 0) is 5.92 Å². The minimum absolute atomic E-state index is 0.103. The first-order valence-electron chi connectivity index (χ1n) is 5.97. The van der Waals surface area contributed by atoms with E-state index in [1.165, 1.54) is 12.1 Å². The third-order valence-corrected chi connectivity index (χ3v) is 3.07. The van der Waals surface area contributed by atoms with Crippen LogP contribution in [0.5, 0.6) is 0 Å². The molecular formula is C13H18F2N2. The monoisotopic (exact) mass is 240 g/mol. The molecular weight excluding hydrogens is 222 g/mol. The van der Waals surface area contributed by atoms with Crippen LogP contribution in [0, 0.1) is 0 Å². The maximum Gasteiger partial charge on any atom is 0.285 e. The van der Waals surface area contributed by atoms with E-state index in [0.29, 0.717) is 13.1 Å². The topological polar surface area (TPSA) is 15.3 Å². The highest BCUT2D eigenvalue weighted by atomic mass is 19.3. The standard InChI is InChI=1S/C13H18F2N2/c1-11-9-17(8-7-16-11)10-13(14,15)12-5-3-2-4-6-12/h2-6,11,16H,7-10H2,1H3. The molecule has 0 aromatic heterocycles. The van der Waals surface area contributed by atoms with Crippen LogP contribution in [-0.4, -0.2) is 37.1 Å². The lowest BCUT2D eigenvalue weighted by Gasteiger charge is -2.34. The highest BCUT2D eigenvalue weighted by Gasteiger charge is 2.34. The predicted octanol–water partition coefficient (Wildman–Crippen LogP) is 2.07. The molecule has 1 heterocycles. The van der Waals surface area contributed by atoms with E-state index in [2.05, 4.69) is 5.32 Å². The Morgan fingerprint density at radius 3 is 2.71 bits per heavy atom. The molecule has 1 aromatic rings. The molecule has 4 heteroatoms. The fourth-order valence-electron chi connectivity index (χ4n) is 2.21. The van der Waals surface area contributed by atoms with Crippen LogP contribution in [0.1, 0.15) is 12.5 Å². The van der Waals surface area contributed by atoms with Crippen LogP contribution in [0.15, 0.2) is 30.3 Å². The lowest BCUT2D eigenvalue weighted by Crippen LogP contribution is -2.51. The van der Waals surface area contributed by atoms with Crippen LogP contribution in [0.25, 0.3) is 0 Å². The van der Waals surface area contributed by atoms with Crippen molar-refractivity contribution in [2.45, 2.75) is 18.9 Å². The molecule has 17 heavy (non-hydrogen) atoms. The molecule has 1 aromatic carbocycles. The van der Waals surface area contributed by atoms with Gasteiger partial charge in [-0.25, -0.2) is 0 Å². The second kappa shape index (κ2) is 5.10. The SMILES string of the molecule is CC1CN(CC(F)(F)c2ccccc2)CCN1. The molecule has 1 N–H and O–H groups in total. The fourth-order valence-corrected chi connectivity index (χ4v) is 2.21. The smallest absolute Gasteiger partial charge is 0.285 e. The van der Waals surface area contributed by atoms with Crippen molar-refractivity contribution in [1.82, 2.24) is 10.2 Å². The van der Waals surface area contributed by atoms with E-state index in [1.54, 1.807) is 18.2 Å². The molecule has 0 bridgehead atoms. The summed E-state index contributed by atoms with van der Waals surface area (Å²) in [6, 6.07) is 8.34. The van der Waals surface area contributed by atoms with Gasteiger partial charge in [0.1, 0.15) is 0 Å². The van der Waals surface area contributed by atoms with Crippen molar-refractivity contribution in [1.29, 1.82) is 0 Å². The number of alkyl halides is 2. The van der Waals surface area contributed by atoms with Gasteiger partial charge < -0.3 is 5.32 Å². The van der Waals surface area contributed by atoms with E-state index in [0.717, 1.165) is 6.54 Å². The number of hydrogen-bond donors (Lipinski definition) is 1. The van der Waals surface area contributed by atoms with E-state index in [-0.39, 0.29) is 18.2 Å². The second-order valence-corrected chi connectivity index (χ2v) is 4.66. The summed E-state index contributed by atoms with van der Waals surface area (Å²) in [6.07, 6.45) is 0. The largest absolute Gasteiger partial charge is 0.312 e. The predicted molar refractivity (Wildman–Crippen MR) is 64.2 cm³/mol. The van der Waals surface area contributed by atoms with Gasteiger partial charge in [0.05, 0.1) is 6.54 Å². The summed E-state index contributed by atoms with van der Waals surface area (Å²) in [5, 5.41) is 3.25. The molecule has 2 nitrogen and oxygen atoms in total. The Kier molecular flexibility index (Phi) is 3.74. The Bertz CT molecular complexity index is 354. The van der Waals surface area contributed by atoms with Crippen LogP contribution < -0.4 is 5.32 Å². The van der Waals surface area contributed by atoms with E-state index < -0.39 is 5.92 Å². The lowest BCUT2D eigenvalue weighted by molar-refractivity contribution is -0.0427. The molecule has 2 rings (SSSR count). The zero-order valence-corrected chi connectivity index (χ0v) is 10.00. The number of hydrogen-bond acceptors (Lipinski definition) is 2. The molecule has 1 saturated heterocycles. The summed E-state index contributed by atoms with van der Waals surface area (Å²) in [4.78, 5) is 1.83. The molecule has 0 radical (unpaired) electrons. The molecule has 0 aliphatic carbocycles. The molecule has 0 saturated carbocycles. The summed E-state index contributed by atoms with van der Waals surface area (Å²) < 4.78 is 28.0. The molecule has 0 amide bonds. The minimum Gasteiger partial charge on any atom is -0.312 e. The first-order valence-corrected chi connectivity index (χ1v) is 5.97. The Hall–Kier alpha value is -1.00. The quantitative estimate of drug-likeness (QED) is 0.870. The van der Waals surface area contributed by atoms with Gasteiger partial charge in [0.2, 0.25) is 0 Å². The summed E-state index contributed by atoms with van der Waals surface area (Å²) in [5.74, 6) is -2.77. The van der Waals surface area contributed by atoms with Gasteiger partial charge in [-0.3, -0.25) is 4.90 Å². The summed E-state index contributed by atoms with van der Waals surface area (Å²) in [5.41, 5.74) is 0.103. The number of rotatable bonds is 3. The third-order valence-electron chi connectivity index (χ3n) is 3.07. The normalized spacial score (nSPS) is 22.6. The van der Waals surface area contributed by atoms with E-state index in [1.807, 2.05) is 11.8 Å². The zero-order valence-electron chi connectivity index (χ0n) is 10.00. The maximum absolute atomic E-state index is 14.0. The van der Waals surface area contributed by atoms with Gasteiger partial charge >= 0.3 is 0 Å². The number of halogens is 2. The van der Waals surface area contributed by atoms with E-state index in [4.69, 9.17) is 0 Å². The highest BCUT2D eigenvalue weighted by molar-refractivity contribution is 5.20. The average molecular weight is 240 g/mol. The summed E-state index contributed by atoms with van der Waals surface area (Å²) in [7, 11) is 0. The summed E-state index contributed by atoms with van der Waals surface area (Å²) >= 11 is 0. The van der Waals surface area contributed by atoms with Crippen molar-refractivity contribution < 1.29 is 8.78 Å². The van der Waals surface area contributed by atoms with Gasteiger partial charge in [-0.2, -0.15) is 8.78 Å². The van der Waals surface area contributed by atoms with Crippen molar-refractivity contribution in [2.75, 3.05) is 26.2 Å². The van der Waals surface area contributed by atoms with Crippen molar-refractivity contribution in [3.63, 3.8) is 0 Å². The van der Waals surface area contributed by atoms with Gasteiger partial charge in [0, 0.05) is 31.2 Å². The van der Waals surface area contributed by atoms with Crippen LogP contribution >= 0.6 is 0 Å². The Balaban J connectivity index is 2.01. The molecule has 1 aliphatic rings. The van der Waals surface area contributed by atoms with Crippen LogP contribution in [0.2, 0.25) is 0 Å². The first-order chi connectivity index (χ1) is 8.08. The highest BCUT2D eigenvalue weighted by Crippen LogP contribution is 2.28. The van der Waals surface area contributed by atoms with Gasteiger partial charge in [-0.15, -0.1) is 0 Å². The summed E-state index contributed by atoms with van der Waals surface area (Å²) in [6.45, 7) is 3.98. The number of piperazine rings is 1. The Morgan fingerprint density at radius 2 is 2.06 bits per heavy atom. The van der Waals surface area contributed by atoms with Crippen LogP contribution in [0.4, 0.5) is 8.78 Å². The van der Waals surface area contributed by atoms with E-state index in [9.17, 15) is 8.78 Å². The number of nitrogens with zero attached hydrogens (tertiary/aromatic N) is 1.